The molecule has 3 nitrogen and oxygen atoms in total. The molecule has 0 radical (unpaired) electrons. The molecule has 2 aromatic carbocycles. The summed E-state index contributed by atoms with van der Waals surface area (Å²) in [6.45, 7) is 0. The number of hydrogen-bond acceptors (Lipinski definition) is 3. The summed E-state index contributed by atoms with van der Waals surface area (Å²) in [6.07, 6.45) is 0. The molecule has 0 saturated heterocycles. The predicted molar refractivity (Wildman–Crippen MR) is 90.2 cm³/mol. The smallest absolute Gasteiger partial charge is 0.123 e. The molecule has 0 aromatic heterocycles. The Morgan fingerprint density at radius 2 is 2.00 bits per heavy atom. The molecule has 0 saturated carbocycles. The van der Waals surface area contributed by atoms with Crippen LogP contribution in [0, 0.1) is 0 Å². The molecule has 0 spiro atoms. The molecule has 0 aliphatic heterocycles. The van der Waals surface area contributed by atoms with E-state index in [0.717, 1.165) is 20.7 Å². The summed E-state index contributed by atoms with van der Waals surface area (Å²) in [5.74, 6) is 1.30. The van der Waals surface area contributed by atoms with Crippen LogP contribution in [0.5, 0.6) is 5.75 Å². The minimum atomic E-state index is -1.08. The Morgan fingerprint density at radius 3 is 2.67 bits per heavy atom. The van der Waals surface area contributed by atoms with Gasteiger partial charge in [-0.25, -0.2) is 0 Å². The average Bonchev–Trinajstić information content (AvgIpc) is 2.52. The number of methoxy groups -OCH3 is 1. The lowest BCUT2D eigenvalue weighted by atomic mass is 10.1. The van der Waals surface area contributed by atoms with E-state index in [2.05, 4.69) is 21.2 Å². The highest BCUT2D eigenvalue weighted by Gasteiger charge is 2.18. The maximum atomic E-state index is 12.5. The molecule has 21 heavy (non-hydrogen) atoms. The molecule has 0 aliphatic rings. The number of para-hydroxylation sites is 1. The van der Waals surface area contributed by atoms with E-state index in [1.807, 2.05) is 55.6 Å². The fourth-order valence-electron chi connectivity index (χ4n) is 2.14. The van der Waals surface area contributed by atoms with Gasteiger partial charge in [0.05, 0.1) is 17.9 Å². The van der Waals surface area contributed by atoms with Gasteiger partial charge >= 0.3 is 0 Å². The molecular weight excluding hydrogens is 350 g/mol. The van der Waals surface area contributed by atoms with Crippen molar-refractivity contribution in [1.29, 1.82) is 0 Å². The fourth-order valence-corrected chi connectivity index (χ4v) is 4.02. The Kier molecular flexibility index (Phi) is 5.96. The van der Waals surface area contributed by atoms with Gasteiger partial charge in [0.25, 0.3) is 0 Å². The summed E-state index contributed by atoms with van der Waals surface area (Å²) in [7, 11) is 2.44. The lowest BCUT2D eigenvalue weighted by Crippen LogP contribution is -2.23. The van der Waals surface area contributed by atoms with Crippen LogP contribution in [0.2, 0.25) is 0 Å². The van der Waals surface area contributed by atoms with Crippen molar-refractivity contribution in [2.75, 3.05) is 19.9 Å². The van der Waals surface area contributed by atoms with E-state index in [-0.39, 0.29) is 6.04 Å². The van der Waals surface area contributed by atoms with E-state index in [1.54, 1.807) is 7.11 Å². The maximum absolute atomic E-state index is 12.5. The van der Waals surface area contributed by atoms with E-state index in [4.69, 9.17) is 4.74 Å². The van der Waals surface area contributed by atoms with Crippen LogP contribution in [0.4, 0.5) is 0 Å². The number of benzene rings is 2. The van der Waals surface area contributed by atoms with Gasteiger partial charge in [-0.05, 0) is 31.3 Å². The first-order valence-electron chi connectivity index (χ1n) is 6.60. The van der Waals surface area contributed by atoms with Crippen molar-refractivity contribution in [3.05, 3.63) is 58.6 Å². The second-order valence-corrected chi connectivity index (χ2v) is 6.96. The second kappa shape index (κ2) is 7.73. The average molecular weight is 368 g/mol. The van der Waals surface area contributed by atoms with Gasteiger partial charge in [-0.15, -0.1) is 0 Å². The molecule has 2 unspecified atom stereocenters. The number of hydrogen-bond donors (Lipinski definition) is 1. The highest BCUT2D eigenvalue weighted by Crippen LogP contribution is 2.26. The Bertz CT molecular complexity index is 633. The van der Waals surface area contributed by atoms with Crippen molar-refractivity contribution in [2.45, 2.75) is 10.9 Å². The molecule has 0 aliphatic carbocycles. The van der Waals surface area contributed by atoms with E-state index >= 15 is 0 Å². The van der Waals surface area contributed by atoms with E-state index in [0.29, 0.717) is 5.75 Å². The van der Waals surface area contributed by atoms with Gasteiger partial charge in [-0.2, -0.15) is 0 Å². The first-order valence-corrected chi connectivity index (χ1v) is 8.71. The van der Waals surface area contributed by atoms with Gasteiger partial charge < -0.3 is 10.1 Å². The van der Waals surface area contributed by atoms with Gasteiger partial charge in [0.1, 0.15) is 5.75 Å². The largest absolute Gasteiger partial charge is 0.496 e. The van der Waals surface area contributed by atoms with Crippen molar-refractivity contribution in [3.8, 4) is 5.75 Å². The third-order valence-corrected chi connectivity index (χ3v) is 5.15. The monoisotopic (exact) mass is 367 g/mol. The van der Waals surface area contributed by atoms with E-state index in [1.165, 1.54) is 0 Å². The first kappa shape index (κ1) is 16.2. The Labute approximate surface area is 136 Å². The standard InChI is InChI=1S/C16H18BrNO2S/c1-18-15(14-8-3-4-9-16(14)20-2)11-21(19)13-7-5-6-12(17)10-13/h3-10,15,18H,11H2,1-2H3. The molecule has 112 valence electrons. The lowest BCUT2D eigenvalue weighted by molar-refractivity contribution is 0.404. The van der Waals surface area contributed by atoms with Crippen LogP contribution in [0.3, 0.4) is 0 Å². The van der Waals surface area contributed by atoms with Crippen molar-refractivity contribution < 1.29 is 8.95 Å². The zero-order valence-electron chi connectivity index (χ0n) is 12.0. The summed E-state index contributed by atoms with van der Waals surface area (Å²) in [5, 5.41) is 3.22. The third-order valence-electron chi connectivity index (χ3n) is 3.24. The zero-order chi connectivity index (χ0) is 15.2. The lowest BCUT2D eigenvalue weighted by Gasteiger charge is -2.19. The Hall–Kier alpha value is -1.17. The SMILES string of the molecule is CNC(CS(=O)c1cccc(Br)c1)c1ccccc1OC. The van der Waals surface area contributed by atoms with Crippen LogP contribution in [-0.4, -0.2) is 24.1 Å². The molecule has 2 atom stereocenters. The van der Waals surface area contributed by atoms with Crippen LogP contribution in [0.15, 0.2) is 57.9 Å². The molecule has 0 fully saturated rings. The fraction of sp³-hybridized carbons (Fsp3) is 0.250. The van der Waals surface area contributed by atoms with Crippen LogP contribution in [0.1, 0.15) is 11.6 Å². The van der Waals surface area contributed by atoms with Gasteiger partial charge in [0.15, 0.2) is 0 Å². The topological polar surface area (TPSA) is 38.3 Å². The molecule has 0 bridgehead atoms. The van der Waals surface area contributed by atoms with Crippen molar-refractivity contribution >= 4 is 26.7 Å². The minimum Gasteiger partial charge on any atom is -0.496 e. The van der Waals surface area contributed by atoms with Crippen molar-refractivity contribution in [2.24, 2.45) is 0 Å². The third kappa shape index (κ3) is 4.15. The minimum absolute atomic E-state index is 0.0269. The van der Waals surface area contributed by atoms with Crippen LogP contribution < -0.4 is 10.1 Å². The molecular formula is C16H18BrNO2S. The van der Waals surface area contributed by atoms with Crippen LogP contribution in [0.25, 0.3) is 0 Å². The summed E-state index contributed by atoms with van der Waals surface area (Å²) in [5.41, 5.74) is 1.02. The van der Waals surface area contributed by atoms with Crippen LogP contribution >= 0.6 is 15.9 Å². The maximum Gasteiger partial charge on any atom is 0.123 e. The molecule has 2 rings (SSSR count). The summed E-state index contributed by atoms with van der Waals surface area (Å²) >= 11 is 3.41. The van der Waals surface area contributed by atoms with E-state index < -0.39 is 10.8 Å². The van der Waals surface area contributed by atoms with Gasteiger partial charge in [0, 0.05) is 26.7 Å². The second-order valence-electron chi connectivity index (χ2n) is 4.55. The Balaban J connectivity index is 2.21. The number of nitrogens with one attached hydrogen (secondary N) is 1. The first-order chi connectivity index (χ1) is 10.2. The van der Waals surface area contributed by atoms with E-state index in [9.17, 15) is 4.21 Å². The van der Waals surface area contributed by atoms with Gasteiger partial charge in [-0.1, -0.05) is 40.2 Å². The zero-order valence-corrected chi connectivity index (χ0v) is 14.4. The molecule has 1 N–H and O–H groups in total. The Morgan fingerprint density at radius 1 is 1.24 bits per heavy atom. The summed E-state index contributed by atoms with van der Waals surface area (Å²) in [6, 6.07) is 15.4. The van der Waals surface area contributed by atoms with Crippen molar-refractivity contribution in [1.82, 2.24) is 5.32 Å². The molecule has 5 heteroatoms. The summed E-state index contributed by atoms with van der Waals surface area (Å²) < 4.78 is 18.9. The molecule has 0 heterocycles. The molecule has 0 amide bonds. The quantitative estimate of drug-likeness (QED) is 0.848. The normalized spacial score (nSPS) is 13.7. The molecule has 2 aromatic rings. The highest BCUT2D eigenvalue weighted by atomic mass is 79.9. The van der Waals surface area contributed by atoms with Crippen LogP contribution in [-0.2, 0) is 10.8 Å². The summed E-state index contributed by atoms with van der Waals surface area (Å²) in [4.78, 5) is 0.819. The van der Waals surface area contributed by atoms with Crippen molar-refractivity contribution in [3.63, 3.8) is 0 Å². The highest BCUT2D eigenvalue weighted by molar-refractivity contribution is 9.10. The van der Waals surface area contributed by atoms with Gasteiger partial charge in [-0.3, -0.25) is 4.21 Å². The predicted octanol–water partition coefficient (Wildman–Crippen LogP) is 3.53. The number of halogens is 1. The number of ether oxygens (including phenoxy) is 1. The van der Waals surface area contributed by atoms with Gasteiger partial charge in [0.2, 0.25) is 0 Å². The number of rotatable bonds is 6.